The molecule has 1 aromatic carbocycles. The first-order chi connectivity index (χ1) is 10.2. The van der Waals surface area contributed by atoms with Crippen LogP contribution in [0.4, 0.5) is 17.6 Å². The van der Waals surface area contributed by atoms with Crippen molar-refractivity contribution in [3.8, 4) is 6.07 Å². The van der Waals surface area contributed by atoms with E-state index in [2.05, 4.69) is 6.07 Å². The highest BCUT2D eigenvalue weighted by Crippen LogP contribution is 2.37. The second-order valence-corrected chi connectivity index (χ2v) is 5.88. The van der Waals surface area contributed by atoms with Crippen molar-refractivity contribution < 1.29 is 17.6 Å². The summed E-state index contributed by atoms with van der Waals surface area (Å²) in [6, 6.07) is 3.08. The number of hydrogen-bond donors (Lipinski definition) is 0. The topological polar surface area (TPSA) is 27.0 Å². The lowest BCUT2D eigenvalue weighted by atomic mass is 9.95. The molecule has 0 aromatic heterocycles. The van der Waals surface area contributed by atoms with E-state index in [9.17, 15) is 17.6 Å². The third kappa shape index (κ3) is 3.53. The lowest BCUT2D eigenvalue weighted by molar-refractivity contribution is -0.137. The van der Waals surface area contributed by atoms with Crippen LogP contribution in [0.1, 0.15) is 36.9 Å². The van der Waals surface area contributed by atoms with Gasteiger partial charge in [-0.3, -0.25) is 4.90 Å². The number of rotatable bonds is 2. The Balaban J connectivity index is 2.28. The van der Waals surface area contributed by atoms with Crippen molar-refractivity contribution in [2.45, 2.75) is 32.0 Å². The maximum atomic E-state index is 14.1. The molecule has 1 saturated heterocycles. The van der Waals surface area contributed by atoms with Gasteiger partial charge in [0.15, 0.2) is 0 Å². The zero-order valence-corrected chi connectivity index (χ0v) is 12.7. The predicted molar refractivity (Wildman–Crippen MR) is 74.7 cm³/mol. The lowest BCUT2D eigenvalue weighted by Crippen LogP contribution is -2.35. The third-order valence-corrected chi connectivity index (χ3v) is 4.37. The molecule has 2 nitrogen and oxygen atoms in total. The van der Waals surface area contributed by atoms with Crippen LogP contribution in [-0.4, -0.2) is 18.0 Å². The first-order valence-corrected chi connectivity index (χ1v) is 7.31. The Morgan fingerprint density at radius 3 is 2.41 bits per heavy atom. The average Bonchev–Trinajstić information content (AvgIpc) is 2.48. The molecular formula is C15H15ClF4N2. The van der Waals surface area contributed by atoms with Crippen LogP contribution in [-0.2, 0) is 6.18 Å². The van der Waals surface area contributed by atoms with Crippen LogP contribution in [0, 0.1) is 23.1 Å². The van der Waals surface area contributed by atoms with E-state index in [1.54, 1.807) is 6.92 Å². The number of nitriles is 1. The van der Waals surface area contributed by atoms with Crippen LogP contribution in [0.15, 0.2) is 12.1 Å². The number of likely N-dealkylation sites (tertiary alicyclic amines) is 1. The highest BCUT2D eigenvalue weighted by Gasteiger charge is 2.34. The Labute approximate surface area is 131 Å². The standard InChI is InChI=1S/C15H15ClF4N2/c1-9(22-4-2-10(8-21)3-5-22)12-6-11(15(18,19)20)7-13(16)14(12)17/h6-7,9-10H,2-5H2,1H3. The third-order valence-electron chi connectivity index (χ3n) is 4.09. The van der Waals surface area contributed by atoms with Gasteiger partial charge in [-0.1, -0.05) is 11.6 Å². The number of benzene rings is 1. The molecule has 1 fully saturated rings. The van der Waals surface area contributed by atoms with Crippen LogP contribution in [0.25, 0.3) is 0 Å². The lowest BCUT2D eigenvalue weighted by Gasteiger charge is -2.34. The molecule has 1 aliphatic heterocycles. The normalized spacial score (nSPS) is 19.0. The molecule has 0 N–H and O–H groups in total. The quantitative estimate of drug-likeness (QED) is 0.727. The summed E-state index contributed by atoms with van der Waals surface area (Å²) < 4.78 is 52.7. The van der Waals surface area contributed by atoms with Gasteiger partial charge in [-0.25, -0.2) is 4.39 Å². The van der Waals surface area contributed by atoms with Crippen LogP contribution in [0.5, 0.6) is 0 Å². The Morgan fingerprint density at radius 1 is 1.32 bits per heavy atom. The highest BCUT2D eigenvalue weighted by atomic mass is 35.5. The molecule has 0 spiro atoms. The van der Waals surface area contributed by atoms with E-state index in [0.29, 0.717) is 32.0 Å². The molecule has 7 heteroatoms. The van der Waals surface area contributed by atoms with Crippen molar-refractivity contribution in [1.29, 1.82) is 5.26 Å². The molecule has 1 unspecified atom stereocenters. The molecule has 0 aliphatic carbocycles. The van der Waals surface area contributed by atoms with E-state index in [1.165, 1.54) is 0 Å². The molecule has 0 saturated carbocycles. The van der Waals surface area contributed by atoms with Gasteiger partial charge >= 0.3 is 6.18 Å². The first kappa shape index (κ1) is 17.0. The van der Waals surface area contributed by atoms with E-state index in [4.69, 9.17) is 16.9 Å². The largest absolute Gasteiger partial charge is 0.416 e. The van der Waals surface area contributed by atoms with Crippen molar-refractivity contribution in [1.82, 2.24) is 4.90 Å². The number of halogens is 5. The second-order valence-electron chi connectivity index (χ2n) is 5.47. The molecular weight excluding hydrogens is 320 g/mol. The van der Waals surface area contributed by atoms with Gasteiger partial charge in [0.2, 0.25) is 0 Å². The van der Waals surface area contributed by atoms with E-state index in [0.717, 1.165) is 6.07 Å². The van der Waals surface area contributed by atoms with E-state index in [1.807, 2.05) is 4.90 Å². The summed E-state index contributed by atoms with van der Waals surface area (Å²) in [6.45, 7) is 2.75. The molecule has 1 aromatic rings. The van der Waals surface area contributed by atoms with Crippen LogP contribution < -0.4 is 0 Å². The summed E-state index contributed by atoms with van der Waals surface area (Å²) >= 11 is 5.62. The fourth-order valence-electron chi connectivity index (χ4n) is 2.69. The Bertz CT molecular complexity index is 586. The van der Waals surface area contributed by atoms with Crippen LogP contribution in [0.2, 0.25) is 5.02 Å². The highest BCUT2D eigenvalue weighted by molar-refractivity contribution is 6.30. The average molecular weight is 335 g/mol. The fraction of sp³-hybridized carbons (Fsp3) is 0.533. The maximum Gasteiger partial charge on any atom is 0.416 e. The van der Waals surface area contributed by atoms with Gasteiger partial charge in [0.1, 0.15) is 5.82 Å². The molecule has 1 heterocycles. The van der Waals surface area contributed by atoms with E-state index < -0.39 is 28.6 Å². The van der Waals surface area contributed by atoms with Gasteiger partial charge in [0.05, 0.1) is 16.7 Å². The van der Waals surface area contributed by atoms with Gasteiger partial charge in [0.25, 0.3) is 0 Å². The molecule has 1 atom stereocenters. The minimum atomic E-state index is -4.57. The predicted octanol–water partition coefficient (Wildman–Crippen LogP) is 4.79. The Morgan fingerprint density at radius 2 is 1.91 bits per heavy atom. The summed E-state index contributed by atoms with van der Waals surface area (Å²) in [5.74, 6) is -0.858. The Kier molecular flexibility index (Phi) is 4.98. The minimum absolute atomic E-state index is 0.0432. The van der Waals surface area contributed by atoms with Gasteiger partial charge in [-0.05, 0) is 45.0 Å². The van der Waals surface area contributed by atoms with E-state index >= 15 is 0 Å². The van der Waals surface area contributed by atoms with E-state index in [-0.39, 0.29) is 11.5 Å². The van der Waals surface area contributed by atoms with Gasteiger partial charge < -0.3 is 0 Å². The van der Waals surface area contributed by atoms with Crippen LogP contribution in [0.3, 0.4) is 0 Å². The van der Waals surface area contributed by atoms with Crippen molar-refractivity contribution in [3.05, 3.63) is 34.1 Å². The van der Waals surface area contributed by atoms with Crippen molar-refractivity contribution in [3.63, 3.8) is 0 Å². The summed E-state index contributed by atoms with van der Waals surface area (Å²) in [5.41, 5.74) is -1.01. The maximum absolute atomic E-state index is 14.1. The molecule has 0 bridgehead atoms. The zero-order valence-electron chi connectivity index (χ0n) is 11.9. The minimum Gasteiger partial charge on any atom is -0.296 e. The first-order valence-electron chi connectivity index (χ1n) is 6.94. The van der Waals surface area contributed by atoms with Crippen molar-refractivity contribution in [2.24, 2.45) is 5.92 Å². The number of piperidine rings is 1. The zero-order chi connectivity index (χ0) is 16.5. The molecule has 2 rings (SSSR count). The summed E-state index contributed by atoms with van der Waals surface area (Å²) in [6.07, 6.45) is -3.30. The van der Waals surface area contributed by atoms with Gasteiger partial charge in [-0.2, -0.15) is 18.4 Å². The second kappa shape index (κ2) is 6.43. The van der Waals surface area contributed by atoms with Crippen molar-refractivity contribution in [2.75, 3.05) is 13.1 Å². The molecule has 22 heavy (non-hydrogen) atoms. The smallest absolute Gasteiger partial charge is 0.296 e. The molecule has 0 amide bonds. The summed E-state index contributed by atoms with van der Waals surface area (Å²) in [5, 5.41) is 8.34. The number of nitrogens with zero attached hydrogens (tertiary/aromatic N) is 2. The number of hydrogen-bond acceptors (Lipinski definition) is 2. The molecule has 1 aliphatic rings. The molecule has 0 radical (unpaired) electrons. The Hall–Kier alpha value is -1.32. The van der Waals surface area contributed by atoms with Gasteiger partial charge in [-0.15, -0.1) is 0 Å². The molecule has 120 valence electrons. The van der Waals surface area contributed by atoms with Crippen LogP contribution >= 0.6 is 11.6 Å². The van der Waals surface area contributed by atoms with Crippen molar-refractivity contribution >= 4 is 11.6 Å². The SMILES string of the molecule is CC(c1cc(C(F)(F)F)cc(Cl)c1F)N1CCC(C#N)CC1. The summed E-state index contributed by atoms with van der Waals surface area (Å²) in [7, 11) is 0. The summed E-state index contributed by atoms with van der Waals surface area (Å²) in [4.78, 5) is 1.88. The van der Waals surface area contributed by atoms with Gasteiger partial charge in [0, 0.05) is 17.5 Å². The fourth-order valence-corrected chi connectivity index (χ4v) is 2.92. The number of alkyl halides is 3. The monoisotopic (exact) mass is 334 g/mol.